The summed E-state index contributed by atoms with van der Waals surface area (Å²) in [5, 5.41) is 10.5. The van der Waals surface area contributed by atoms with Gasteiger partial charge in [-0.25, -0.2) is 13.4 Å². The summed E-state index contributed by atoms with van der Waals surface area (Å²) in [6, 6.07) is 8.29. The van der Waals surface area contributed by atoms with E-state index in [1.165, 1.54) is 42.6 Å². The van der Waals surface area contributed by atoms with Crippen molar-refractivity contribution in [3.8, 4) is 0 Å². The van der Waals surface area contributed by atoms with Crippen LogP contribution in [0.15, 0.2) is 42.6 Å². The van der Waals surface area contributed by atoms with Crippen LogP contribution in [-0.2, 0) is 15.8 Å². The second kappa shape index (κ2) is 5.75. The first-order valence-corrected chi connectivity index (χ1v) is 7.46. The van der Waals surface area contributed by atoms with Crippen LogP contribution < -0.4 is 10.5 Å². The predicted octanol–water partition coefficient (Wildman–Crippen LogP) is 1.51. The Bertz CT molecular complexity index is 742. The van der Waals surface area contributed by atoms with Crippen LogP contribution in [0.1, 0.15) is 5.56 Å². The Morgan fingerprint density at radius 1 is 1.19 bits per heavy atom. The van der Waals surface area contributed by atoms with Gasteiger partial charge in [-0.05, 0) is 17.7 Å². The molecule has 0 aliphatic heterocycles. The molecule has 0 atom stereocenters. The highest BCUT2D eigenvalue weighted by Gasteiger charge is 2.13. The molecule has 9 heteroatoms. The maximum atomic E-state index is 12.0. The van der Waals surface area contributed by atoms with E-state index in [4.69, 9.17) is 5.73 Å². The van der Waals surface area contributed by atoms with Crippen LogP contribution in [0.5, 0.6) is 0 Å². The number of hydrogen-bond acceptors (Lipinski definition) is 6. The fraction of sp³-hybridized carbons (Fsp3) is 0.0833. The highest BCUT2D eigenvalue weighted by atomic mass is 32.2. The summed E-state index contributed by atoms with van der Waals surface area (Å²) in [6.07, 6.45) is 1.31. The van der Waals surface area contributed by atoms with Gasteiger partial charge in [0.25, 0.3) is 5.69 Å². The molecule has 1 aromatic carbocycles. The third kappa shape index (κ3) is 4.14. The summed E-state index contributed by atoms with van der Waals surface area (Å²) in [5.41, 5.74) is 6.06. The third-order valence-corrected chi connectivity index (χ3v) is 3.82. The minimum Gasteiger partial charge on any atom is -0.384 e. The van der Waals surface area contributed by atoms with E-state index < -0.39 is 14.9 Å². The quantitative estimate of drug-likeness (QED) is 0.636. The number of pyridine rings is 1. The van der Waals surface area contributed by atoms with Gasteiger partial charge in [0.2, 0.25) is 10.0 Å². The molecule has 2 rings (SSSR count). The Morgan fingerprint density at radius 3 is 2.38 bits per heavy atom. The van der Waals surface area contributed by atoms with Crippen LogP contribution in [0.3, 0.4) is 0 Å². The lowest BCUT2D eigenvalue weighted by atomic mass is 10.2. The number of nitro groups is 1. The van der Waals surface area contributed by atoms with E-state index in [0.29, 0.717) is 11.3 Å². The van der Waals surface area contributed by atoms with Gasteiger partial charge >= 0.3 is 0 Å². The van der Waals surface area contributed by atoms with Crippen LogP contribution in [0.2, 0.25) is 0 Å². The summed E-state index contributed by atoms with van der Waals surface area (Å²) in [6.45, 7) is 0. The minimum absolute atomic E-state index is 0.0909. The van der Waals surface area contributed by atoms with E-state index in [1.54, 1.807) is 0 Å². The number of hydrogen-bond donors (Lipinski definition) is 2. The van der Waals surface area contributed by atoms with Crippen molar-refractivity contribution in [1.29, 1.82) is 0 Å². The first-order chi connectivity index (χ1) is 9.85. The number of anilines is 2. The van der Waals surface area contributed by atoms with Gasteiger partial charge in [0.05, 0.1) is 22.6 Å². The van der Waals surface area contributed by atoms with E-state index in [0.717, 1.165) is 0 Å². The average molecular weight is 308 g/mol. The average Bonchev–Trinajstić information content (AvgIpc) is 2.41. The molecule has 0 unspecified atom stereocenters. The Balaban J connectivity index is 2.10. The van der Waals surface area contributed by atoms with Crippen LogP contribution in [-0.4, -0.2) is 18.3 Å². The normalized spacial score (nSPS) is 11.0. The van der Waals surface area contributed by atoms with Crippen molar-refractivity contribution in [2.45, 2.75) is 5.75 Å². The number of nitrogens with one attached hydrogen (secondary N) is 1. The molecule has 3 N–H and O–H groups in total. The third-order valence-electron chi connectivity index (χ3n) is 2.56. The fourth-order valence-corrected chi connectivity index (χ4v) is 2.80. The summed E-state index contributed by atoms with van der Waals surface area (Å²) < 4.78 is 26.3. The van der Waals surface area contributed by atoms with Crippen molar-refractivity contribution in [1.82, 2.24) is 4.98 Å². The molecule has 0 amide bonds. The minimum atomic E-state index is -3.63. The van der Waals surface area contributed by atoms with Crippen molar-refractivity contribution in [3.05, 3.63) is 58.3 Å². The number of nitro benzene ring substituents is 1. The lowest BCUT2D eigenvalue weighted by Gasteiger charge is -2.07. The molecule has 0 spiro atoms. The standard InChI is InChI=1S/C12H12N4O4S/c13-12-6-3-10(7-14-12)15-21(19,20)8-9-1-4-11(5-2-9)16(17)18/h1-7,15H,8H2,(H2,13,14). The zero-order valence-corrected chi connectivity index (χ0v) is 11.6. The number of nitrogen functional groups attached to an aromatic ring is 1. The van der Waals surface area contributed by atoms with E-state index in [-0.39, 0.29) is 17.3 Å². The maximum Gasteiger partial charge on any atom is 0.269 e. The Kier molecular flexibility index (Phi) is 4.03. The molecular formula is C12H12N4O4S. The van der Waals surface area contributed by atoms with E-state index in [2.05, 4.69) is 9.71 Å². The van der Waals surface area contributed by atoms with Crippen molar-refractivity contribution in [2.75, 3.05) is 10.5 Å². The van der Waals surface area contributed by atoms with Crippen LogP contribution in [0.25, 0.3) is 0 Å². The smallest absolute Gasteiger partial charge is 0.269 e. The van der Waals surface area contributed by atoms with Crippen molar-refractivity contribution >= 4 is 27.2 Å². The highest BCUT2D eigenvalue weighted by Crippen LogP contribution is 2.16. The van der Waals surface area contributed by atoms with Crippen LogP contribution >= 0.6 is 0 Å². The molecule has 2 aromatic rings. The molecule has 8 nitrogen and oxygen atoms in total. The van der Waals surface area contributed by atoms with Crippen LogP contribution in [0.4, 0.5) is 17.2 Å². The van der Waals surface area contributed by atoms with Gasteiger partial charge in [0, 0.05) is 12.1 Å². The lowest BCUT2D eigenvalue weighted by Crippen LogP contribution is -2.15. The highest BCUT2D eigenvalue weighted by molar-refractivity contribution is 7.91. The van der Waals surface area contributed by atoms with Crippen LogP contribution in [0, 0.1) is 10.1 Å². The maximum absolute atomic E-state index is 12.0. The number of nitrogens with two attached hydrogens (primary N) is 1. The predicted molar refractivity (Wildman–Crippen MR) is 78.0 cm³/mol. The van der Waals surface area contributed by atoms with Gasteiger partial charge in [-0.3, -0.25) is 14.8 Å². The first kappa shape index (κ1) is 14.7. The van der Waals surface area contributed by atoms with Crippen molar-refractivity contribution in [3.63, 3.8) is 0 Å². The molecule has 0 saturated carbocycles. The molecule has 1 aromatic heterocycles. The lowest BCUT2D eigenvalue weighted by molar-refractivity contribution is -0.384. The van der Waals surface area contributed by atoms with Gasteiger partial charge in [-0.2, -0.15) is 0 Å². The number of non-ortho nitro benzene ring substituents is 1. The second-order valence-corrected chi connectivity index (χ2v) is 5.98. The number of sulfonamides is 1. The molecule has 110 valence electrons. The summed E-state index contributed by atoms with van der Waals surface area (Å²) in [5.74, 6) is -0.0108. The van der Waals surface area contributed by atoms with E-state index >= 15 is 0 Å². The number of rotatable bonds is 5. The van der Waals surface area contributed by atoms with Gasteiger partial charge in [-0.15, -0.1) is 0 Å². The van der Waals surface area contributed by atoms with Crippen molar-refractivity contribution < 1.29 is 13.3 Å². The molecule has 0 radical (unpaired) electrons. The Morgan fingerprint density at radius 2 is 1.86 bits per heavy atom. The van der Waals surface area contributed by atoms with Gasteiger partial charge < -0.3 is 5.73 Å². The zero-order valence-electron chi connectivity index (χ0n) is 10.8. The first-order valence-electron chi connectivity index (χ1n) is 5.81. The summed E-state index contributed by atoms with van der Waals surface area (Å²) >= 11 is 0. The number of benzene rings is 1. The zero-order chi connectivity index (χ0) is 15.5. The summed E-state index contributed by atoms with van der Waals surface area (Å²) in [4.78, 5) is 13.8. The molecule has 0 aliphatic rings. The van der Waals surface area contributed by atoms with E-state index in [9.17, 15) is 18.5 Å². The molecular weight excluding hydrogens is 296 g/mol. The number of aromatic nitrogens is 1. The molecule has 0 fully saturated rings. The molecule has 0 bridgehead atoms. The molecule has 1 heterocycles. The number of nitrogens with zero attached hydrogens (tertiary/aromatic N) is 2. The molecule has 0 saturated heterocycles. The van der Waals surface area contributed by atoms with Crippen molar-refractivity contribution in [2.24, 2.45) is 0 Å². The molecule has 21 heavy (non-hydrogen) atoms. The Hall–Kier alpha value is -2.68. The molecule has 0 aliphatic carbocycles. The van der Waals surface area contributed by atoms with Gasteiger partial charge in [-0.1, -0.05) is 12.1 Å². The fourth-order valence-electron chi connectivity index (χ4n) is 1.61. The van der Waals surface area contributed by atoms with E-state index in [1.807, 2.05) is 0 Å². The van der Waals surface area contributed by atoms with Gasteiger partial charge in [0.15, 0.2) is 0 Å². The second-order valence-electron chi connectivity index (χ2n) is 4.26. The Labute approximate surface area is 120 Å². The SMILES string of the molecule is Nc1ccc(NS(=O)(=O)Cc2ccc([N+](=O)[O-])cc2)cn1. The summed E-state index contributed by atoms with van der Waals surface area (Å²) in [7, 11) is -3.63. The van der Waals surface area contributed by atoms with Gasteiger partial charge in [0.1, 0.15) is 5.82 Å². The largest absolute Gasteiger partial charge is 0.384 e. The topological polar surface area (TPSA) is 128 Å². The monoisotopic (exact) mass is 308 g/mol.